The summed E-state index contributed by atoms with van der Waals surface area (Å²) in [5.74, 6) is 1.21. The van der Waals surface area contributed by atoms with Crippen molar-refractivity contribution in [3.05, 3.63) is 18.0 Å². The molecule has 1 aliphatic heterocycles. The lowest BCUT2D eigenvalue weighted by Gasteiger charge is -2.15. The van der Waals surface area contributed by atoms with Crippen LogP contribution in [-0.4, -0.2) is 29.0 Å². The Labute approximate surface area is 107 Å². The Morgan fingerprint density at radius 2 is 2.17 bits per heavy atom. The van der Waals surface area contributed by atoms with Gasteiger partial charge in [0.05, 0.1) is 12.2 Å². The van der Waals surface area contributed by atoms with E-state index < -0.39 is 0 Å². The third-order valence-corrected chi connectivity index (χ3v) is 3.48. The summed E-state index contributed by atoms with van der Waals surface area (Å²) in [5, 5.41) is 2.93. The summed E-state index contributed by atoms with van der Waals surface area (Å²) in [6.07, 6.45) is 6.28. The molecule has 0 spiro atoms. The van der Waals surface area contributed by atoms with Crippen LogP contribution in [0.15, 0.2) is 12.3 Å². The molecule has 1 aromatic heterocycles. The smallest absolute Gasteiger partial charge is 0.225 e. The summed E-state index contributed by atoms with van der Waals surface area (Å²) >= 11 is 0. The van der Waals surface area contributed by atoms with Gasteiger partial charge in [0.15, 0.2) is 0 Å². The molecule has 5 nitrogen and oxygen atoms in total. The Kier molecular flexibility index (Phi) is 3.13. The molecular weight excluding hydrogens is 228 g/mol. The second-order valence-corrected chi connectivity index (χ2v) is 5.03. The van der Waals surface area contributed by atoms with Crippen LogP contribution in [0, 0.1) is 5.92 Å². The first-order valence-corrected chi connectivity index (χ1v) is 6.67. The molecule has 0 radical (unpaired) electrons. The second kappa shape index (κ2) is 4.92. The lowest BCUT2D eigenvalue weighted by molar-refractivity contribution is -0.122. The molecule has 1 saturated carbocycles. The average Bonchev–Trinajstić information content (AvgIpc) is 3.11. The van der Waals surface area contributed by atoms with Crippen LogP contribution >= 0.6 is 0 Å². The number of anilines is 1. The topological polar surface area (TPSA) is 58.1 Å². The molecule has 0 atom stereocenters. The van der Waals surface area contributed by atoms with E-state index in [1.54, 1.807) is 6.20 Å². The van der Waals surface area contributed by atoms with E-state index in [9.17, 15) is 4.79 Å². The summed E-state index contributed by atoms with van der Waals surface area (Å²) in [6, 6.07) is 1.87. The van der Waals surface area contributed by atoms with Crippen molar-refractivity contribution in [2.45, 2.75) is 32.2 Å². The lowest BCUT2D eigenvalue weighted by Crippen LogP contribution is -2.26. The fraction of sp³-hybridized carbons (Fsp3) is 0.615. The number of carbonyl (C=O) groups excluding carboxylic acids is 1. The SMILES string of the molecule is O=C(NCc1ccnc(N2CCCC2)n1)C1CC1. The van der Waals surface area contributed by atoms with E-state index in [0.717, 1.165) is 37.6 Å². The van der Waals surface area contributed by atoms with Gasteiger partial charge < -0.3 is 10.2 Å². The number of nitrogens with one attached hydrogen (secondary N) is 1. The van der Waals surface area contributed by atoms with E-state index >= 15 is 0 Å². The highest BCUT2D eigenvalue weighted by atomic mass is 16.2. The van der Waals surface area contributed by atoms with Gasteiger partial charge in [0.2, 0.25) is 11.9 Å². The zero-order chi connectivity index (χ0) is 12.4. The predicted molar refractivity (Wildman–Crippen MR) is 68.0 cm³/mol. The monoisotopic (exact) mass is 246 g/mol. The molecule has 1 saturated heterocycles. The van der Waals surface area contributed by atoms with Crippen molar-refractivity contribution in [3.63, 3.8) is 0 Å². The van der Waals surface area contributed by atoms with Gasteiger partial charge >= 0.3 is 0 Å². The maximum Gasteiger partial charge on any atom is 0.225 e. The molecule has 18 heavy (non-hydrogen) atoms. The fourth-order valence-electron chi connectivity index (χ4n) is 2.22. The fourth-order valence-corrected chi connectivity index (χ4v) is 2.22. The molecule has 3 rings (SSSR count). The van der Waals surface area contributed by atoms with Gasteiger partial charge in [-0.3, -0.25) is 4.79 Å². The maximum absolute atomic E-state index is 11.6. The Hall–Kier alpha value is -1.65. The Morgan fingerprint density at radius 1 is 1.39 bits per heavy atom. The largest absolute Gasteiger partial charge is 0.350 e. The van der Waals surface area contributed by atoms with Gasteiger partial charge in [-0.05, 0) is 31.7 Å². The minimum Gasteiger partial charge on any atom is -0.350 e. The van der Waals surface area contributed by atoms with Crippen molar-refractivity contribution in [1.29, 1.82) is 0 Å². The van der Waals surface area contributed by atoms with Crippen molar-refractivity contribution in [1.82, 2.24) is 15.3 Å². The first-order valence-electron chi connectivity index (χ1n) is 6.67. The van der Waals surface area contributed by atoms with E-state index in [2.05, 4.69) is 20.2 Å². The molecule has 1 aliphatic carbocycles. The molecule has 1 aromatic rings. The Morgan fingerprint density at radius 3 is 2.89 bits per heavy atom. The van der Waals surface area contributed by atoms with Gasteiger partial charge in [-0.1, -0.05) is 0 Å². The molecule has 2 heterocycles. The van der Waals surface area contributed by atoms with Crippen molar-refractivity contribution in [2.24, 2.45) is 5.92 Å². The van der Waals surface area contributed by atoms with Crippen LogP contribution in [0.2, 0.25) is 0 Å². The Bertz CT molecular complexity index is 438. The number of rotatable bonds is 4. The number of carbonyl (C=O) groups is 1. The van der Waals surface area contributed by atoms with Crippen LogP contribution in [0.4, 0.5) is 5.95 Å². The van der Waals surface area contributed by atoms with Crippen molar-refractivity contribution in [3.8, 4) is 0 Å². The molecular formula is C13H18N4O. The molecule has 5 heteroatoms. The van der Waals surface area contributed by atoms with Crippen LogP contribution in [0.1, 0.15) is 31.4 Å². The second-order valence-electron chi connectivity index (χ2n) is 5.03. The molecule has 0 bridgehead atoms. The Balaban J connectivity index is 1.61. The molecule has 96 valence electrons. The third kappa shape index (κ3) is 2.60. The van der Waals surface area contributed by atoms with E-state index in [1.165, 1.54) is 12.8 Å². The van der Waals surface area contributed by atoms with Gasteiger partial charge in [-0.2, -0.15) is 0 Å². The summed E-state index contributed by atoms with van der Waals surface area (Å²) < 4.78 is 0. The zero-order valence-corrected chi connectivity index (χ0v) is 10.4. The average molecular weight is 246 g/mol. The van der Waals surface area contributed by atoms with E-state index in [1.807, 2.05) is 6.07 Å². The van der Waals surface area contributed by atoms with Crippen molar-refractivity contribution >= 4 is 11.9 Å². The highest BCUT2D eigenvalue weighted by Gasteiger charge is 2.29. The number of hydrogen-bond donors (Lipinski definition) is 1. The zero-order valence-electron chi connectivity index (χ0n) is 10.4. The van der Waals surface area contributed by atoms with Gasteiger partial charge in [-0.15, -0.1) is 0 Å². The van der Waals surface area contributed by atoms with E-state index in [-0.39, 0.29) is 11.8 Å². The number of aromatic nitrogens is 2. The summed E-state index contributed by atoms with van der Waals surface area (Å²) in [6.45, 7) is 2.59. The molecule has 2 fully saturated rings. The van der Waals surface area contributed by atoms with Crippen LogP contribution in [-0.2, 0) is 11.3 Å². The van der Waals surface area contributed by atoms with Crippen LogP contribution in [0.25, 0.3) is 0 Å². The highest BCUT2D eigenvalue weighted by molar-refractivity contribution is 5.80. The minimum atomic E-state index is 0.163. The highest BCUT2D eigenvalue weighted by Crippen LogP contribution is 2.28. The summed E-state index contributed by atoms with van der Waals surface area (Å²) in [4.78, 5) is 22.6. The predicted octanol–water partition coefficient (Wildman–Crippen LogP) is 1.10. The molecule has 0 aromatic carbocycles. The van der Waals surface area contributed by atoms with Gasteiger partial charge in [-0.25, -0.2) is 9.97 Å². The normalized spacial score (nSPS) is 19.0. The number of nitrogens with zero attached hydrogens (tertiary/aromatic N) is 3. The standard InChI is InChI=1S/C13H18N4O/c18-12(10-3-4-10)15-9-11-5-6-14-13(16-11)17-7-1-2-8-17/h5-6,10H,1-4,7-9H2,(H,15,18). The first-order chi connectivity index (χ1) is 8.83. The third-order valence-electron chi connectivity index (χ3n) is 3.48. The summed E-state index contributed by atoms with van der Waals surface area (Å²) in [7, 11) is 0. The van der Waals surface area contributed by atoms with Crippen molar-refractivity contribution < 1.29 is 4.79 Å². The minimum absolute atomic E-state index is 0.163. The molecule has 1 amide bonds. The van der Waals surface area contributed by atoms with Crippen molar-refractivity contribution in [2.75, 3.05) is 18.0 Å². The van der Waals surface area contributed by atoms with Gasteiger partial charge in [0.25, 0.3) is 0 Å². The molecule has 0 unspecified atom stereocenters. The van der Waals surface area contributed by atoms with Gasteiger partial charge in [0.1, 0.15) is 0 Å². The number of hydrogen-bond acceptors (Lipinski definition) is 4. The van der Waals surface area contributed by atoms with E-state index in [4.69, 9.17) is 0 Å². The summed E-state index contributed by atoms with van der Waals surface area (Å²) in [5.41, 5.74) is 0.890. The van der Waals surface area contributed by atoms with Gasteiger partial charge in [0, 0.05) is 25.2 Å². The molecule has 1 N–H and O–H groups in total. The first kappa shape index (κ1) is 11.4. The quantitative estimate of drug-likeness (QED) is 0.864. The van der Waals surface area contributed by atoms with Crippen LogP contribution in [0.5, 0.6) is 0 Å². The van der Waals surface area contributed by atoms with Crippen LogP contribution < -0.4 is 10.2 Å². The molecule has 2 aliphatic rings. The lowest BCUT2D eigenvalue weighted by atomic mass is 10.3. The maximum atomic E-state index is 11.6. The van der Waals surface area contributed by atoms with Crippen LogP contribution in [0.3, 0.4) is 0 Å². The van der Waals surface area contributed by atoms with E-state index in [0.29, 0.717) is 6.54 Å². The number of amides is 1.